The van der Waals surface area contributed by atoms with Crippen LogP contribution in [-0.2, 0) is 0 Å². The van der Waals surface area contributed by atoms with E-state index in [4.69, 9.17) is 0 Å². The molecule has 0 radical (unpaired) electrons. The number of benzene rings is 1. The van der Waals surface area contributed by atoms with E-state index in [0.29, 0.717) is 6.04 Å². The van der Waals surface area contributed by atoms with E-state index < -0.39 is 0 Å². The zero-order valence-corrected chi connectivity index (χ0v) is 13.4. The minimum Gasteiger partial charge on any atom is -0.313 e. The molecule has 116 valence electrons. The van der Waals surface area contributed by atoms with Gasteiger partial charge in [-0.05, 0) is 49.6 Å². The summed E-state index contributed by atoms with van der Waals surface area (Å²) in [5.74, 6) is 1.79. The summed E-state index contributed by atoms with van der Waals surface area (Å²) < 4.78 is 0. The Balaban J connectivity index is 1.45. The van der Waals surface area contributed by atoms with Gasteiger partial charge >= 0.3 is 0 Å². The first-order chi connectivity index (χ1) is 10.4. The minimum atomic E-state index is 0.713. The van der Waals surface area contributed by atoms with Crippen LogP contribution in [-0.4, -0.2) is 12.6 Å². The number of rotatable bonds is 6. The minimum absolute atomic E-state index is 0.713. The topological polar surface area (TPSA) is 12.0 Å². The summed E-state index contributed by atoms with van der Waals surface area (Å²) in [5, 5.41) is 3.89. The molecule has 21 heavy (non-hydrogen) atoms. The zero-order chi connectivity index (χ0) is 14.3. The largest absolute Gasteiger partial charge is 0.313 e. The van der Waals surface area contributed by atoms with E-state index in [9.17, 15) is 0 Å². The van der Waals surface area contributed by atoms with Crippen molar-refractivity contribution in [3.63, 3.8) is 0 Å². The van der Waals surface area contributed by atoms with Crippen molar-refractivity contribution in [1.82, 2.24) is 5.32 Å². The Morgan fingerprint density at radius 1 is 0.857 bits per heavy atom. The summed E-state index contributed by atoms with van der Waals surface area (Å²) in [6, 6.07) is 11.9. The molecule has 0 aromatic heterocycles. The molecular formula is C20H31N. The van der Waals surface area contributed by atoms with Gasteiger partial charge in [-0.2, -0.15) is 0 Å². The molecule has 2 saturated carbocycles. The van der Waals surface area contributed by atoms with Crippen molar-refractivity contribution in [1.29, 1.82) is 0 Å². The van der Waals surface area contributed by atoms with Crippen LogP contribution in [0.5, 0.6) is 0 Å². The fourth-order valence-corrected chi connectivity index (χ4v) is 4.45. The smallest absolute Gasteiger partial charge is 0.0136 e. The lowest BCUT2D eigenvalue weighted by atomic mass is 9.80. The molecule has 0 spiro atoms. The van der Waals surface area contributed by atoms with Gasteiger partial charge in [-0.15, -0.1) is 0 Å². The summed E-state index contributed by atoms with van der Waals surface area (Å²) in [4.78, 5) is 0. The van der Waals surface area contributed by atoms with Gasteiger partial charge in [0.15, 0.2) is 0 Å². The molecular weight excluding hydrogens is 254 g/mol. The zero-order valence-electron chi connectivity index (χ0n) is 13.4. The summed E-state index contributed by atoms with van der Waals surface area (Å²) in [6.45, 7) is 1.23. The Morgan fingerprint density at radius 2 is 1.57 bits per heavy atom. The molecule has 0 saturated heterocycles. The normalized spacial score (nSPS) is 27.0. The van der Waals surface area contributed by atoms with E-state index in [1.54, 1.807) is 5.56 Å². The molecule has 1 nitrogen and oxygen atoms in total. The monoisotopic (exact) mass is 285 g/mol. The second-order valence-electron chi connectivity index (χ2n) is 7.15. The maximum absolute atomic E-state index is 3.89. The quantitative estimate of drug-likeness (QED) is 0.702. The predicted octanol–water partition coefficient (Wildman–Crippen LogP) is 5.27. The summed E-state index contributed by atoms with van der Waals surface area (Å²) >= 11 is 0. The van der Waals surface area contributed by atoms with Crippen LogP contribution in [0.2, 0.25) is 0 Å². The van der Waals surface area contributed by atoms with Crippen LogP contribution in [0.3, 0.4) is 0 Å². The summed E-state index contributed by atoms with van der Waals surface area (Å²) in [5.41, 5.74) is 1.55. The highest BCUT2D eigenvalue weighted by Gasteiger charge is 2.25. The van der Waals surface area contributed by atoms with Crippen LogP contribution in [0.1, 0.15) is 75.7 Å². The molecule has 1 aromatic carbocycles. The van der Waals surface area contributed by atoms with E-state index in [-0.39, 0.29) is 0 Å². The van der Waals surface area contributed by atoms with Crippen LogP contribution >= 0.6 is 0 Å². The maximum atomic E-state index is 3.89. The average molecular weight is 285 g/mol. The Kier molecular flexibility index (Phi) is 5.74. The molecule has 2 atom stereocenters. The number of nitrogens with one attached hydrogen (secondary N) is 1. The first-order valence-electron chi connectivity index (χ1n) is 9.22. The summed E-state index contributed by atoms with van der Waals surface area (Å²) in [7, 11) is 0. The van der Waals surface area contributed by atoms with E-state index in [1.165, 1.54) is 70.8 Å². The van der Waals surface area contributed by atoms with Crippen LogP contribution in [0.15, 0.2) is 30.3 Å². The fourth-order valence-electron chi connectivity index (χ4n) is 4.45. The van der Waals surface area contributed by atoms with Gasteiger partial charge in [0.1, 0.15) is 0 Å². The molecule has 2 aliphatic rings. The Labute approximate surface area is 130 Å². The third-order valence-electron chi connectivity index (χ3n) is 5.66. The van der Waals surface area contributed by atoms with Crippen LogP contribution < -0.4 is 5.32 Å². The Hall–Kier alpha value is -0.820. The third-order valence-corrected chi connectivity index (χ3v) is 5.66. The second kappa shape index (κ2) is 7.98. The Morgan fingerprint density at radius 3 is 2.38 bits per heavy atom. The molecule has 0 heterocycles. The van der Waals surface area contributed by atoms with Gasteiger partial charge in [-0.1, -0.05) is 68.9 Å². The van der Waals surface area contributed by atoms with Crippen molar-refractivity contribution in [2.75, 3.05) is 6.54 Å². The van der Waals surface area contributed by atoms with Crippen LogP contribution in [0.25, 0.3) is 0 Å². The standard InChI is InChI=1S/C20H31N/c1-2-12-18(13-3-1)19-14-6-7-15-20(19)21-16-8-11-17-9-4-5-10-17/h1-3,12-13,17,19-21H,4-11,14-16H2. The molecule has 0 amide bonds. The van der Waals surface area contributed by atoms with Crippen molar-refractivity contribution < 1.29 is 0 Å². The lowest BCUT2D eigenvalue weighted by Gasteiger charge is -2.33. The highest BCUT2D eigenvalue weighted by molar-refractivity contribution is 5.21. The average Bonchev–Trinajstić information content (AvgIpc) is 3.06. The second-order valence-corrected chi connectivity index (χ2v) is 7.15. The molecule has 0 aliphatic heterocycles. The Bertz CT molecular complexity index is 394. The molecule has 1 aromatic rings. The van der Waals surface area contributed by atoms with Crippen molar-refractivity contribution in [2.45, 2.75) is 76.2 Å². The van der Waals surface area contributed by atoms with Crippen LogP contribution in [0.4, 0.5) is 0 Å². The molecule has 3 rings (SSSR count). The van der Waals surface area contributed by atoms with Crippen molar-refractivity contribution in [2.24, 2.45) is 5.92 Å². The first kappa shape index (κ1) is 15.1. The predicted molar refractivity (Wildman–Crippen MR) is 90.6 cm³/mol. The fraction of sp³-hybridized carbons (Fsp3) is 0.700. The van der Waals surface area contributed by atoms with E-state index in [1.807, 2.05) is 0 Å². The van der Waals surface area contributed by atoms with Crippen LogP contribution in [0, 0.1) is 5.92 Å². The van der Waals surface area contributed by atoms with E-state index in [2.05, 4.69) is 35.6 Å². The molecule has 1 heteroatoms. The number of hydrogen-bond donors (Lipinski definition) is 1. The molecule has 2 fully saturated rings. The molecule has 2 unspecified atom stereocenters. The molecule has 0 bridgehead atoms. The first-order valence-corrected chi connectivity index (χ1v) is 9.22. The molecule has 1 N–H and O–H groups in total. The van der Waals surface area contributed by atoms with E-state index in [0.717, 1.165) is 11.8 Å². The highest BCUT2D eigenvalue weighted by atomic mass is 14.9. The summed E-state index contributed by atoms with van der Waals surface area (Å²) in [6.07, 6.45) is 14.3. The van der Waals surface area contributed by atoms with Gasteiger partial charge in [0, 0.05) is 6.04 Å². The SMILES string of the molecule is c1ccc(C2CCCCC2NCCCC2CCCC2)cc1. The van der Waals surface area contributed by atoms with Gasteiger partial charge in [-0.25, -0.2) is 0 Å². The van der Waals surface area contributed by atoms with Crippen molar-refractivity contribution in [3.05, 3.63) is 35.9 Å². The lowest BCUT2D eigenvalue weighted by Crippen LogP contribution is -2.37. The van der Waals surface area contributed by atoms with Gasteiger partial charge in [-0.3, -0.25) is 0 Å². The van der Waals surface area contributed by atoms with E-state index >= 15 is 0 Å². The van der Waals surface area contributed by atoms with Gasteiger partial charge in [0.25, 0.3) is 0 Å². The molecule has 2 aliphatic carbocycles. The number of hydrogen-bond acceptors (Lipinski definition) is 1. The van der Waals surface area contributed by atoms with Gasteiger partial charge < -0.3 is 5.32 Å². The third kappa shape index (κ3) is 4.32. The van der Waals surface area contributed by atoms with Gasteiger partial charge in [0.2, 0.25) is 0 Å². The van der Waals surface area contributed by atoms with Crippen molar-refractivity contribution >= 4 is 0 Å². The van der Waals surface area contributed by atoms with Gasteiger partial charge in [0.05, 0.1) is 0 Å². The highest BCUT2D eigenvalue weighted by Crippen LogP contribution is 2.33. The maximum Gasteiger partial charge on any atom is 0.0136 e. The lowest BCUT2D eigenvalue weighted by molar-refractivity contribution is 0.322. The van der Waals surface area contributed by atoms with Crippen molar-refractivity contribution in [3.8, 4) is 0 Å².